The van der Waals surface area contributed by atoms with Crippen molar-refractivity contribution in [1.82, 2.24) is 24.7 Å². The Balaban J connectivity index is 1.76. The molecule has 0 saturated carbocycles. The first-order chi connectivity index (χ1) is 16.3. The highest BCUT2D eigenvalue weighted by atomic mass is 19.1. The second kappa shape index (κ2) is 9.27. The summed E-state index contributed by atoms with van der Waals surface area (Å²) in [6, 6.07) is 9.62. The Bertz CT molecular complexity index is 1160. The number of urea groups is 1. The molecule has 10 nitrogen and oxygen atoms in total. The van der Waals surface area contributed by atoms with Crippen LogP contribution in [0.4, 0.5) is 9.18 Å². The molecule has 1 aromatic carbocycles. The molecule has 1 saturated heterocycles. The minimum Gasteiger partial charge on any atom is -0.497 e. The van der Waals surface area contributed by atoms with Gasteiger partial charge >= 0.3 is 6.03 Å². The molecule has 0 atom stereocenters. The van der Waals surface area contributed by atoms with Crippen LogP contribution in [0, 0.1) is 5.82 Å². The lowest BCUT2D eigenvalue weighted by atomic mass is 9.87. The van der Waals surface area contributed by atoms with Crippen LogP contribution >= 0.6 is 0 Å². The number of ether oxygens (including phenoxy) is 2. The Hall–Kier alpha value is -3.70. The molecule has 1 fully saturated rings. The Kier molecular flexibility index (Phi) is 6.40. The van der Waals surface area contributed by atoms with Gasteiger partial charge in [-0.1, -0.05) is 0 Å². The van der Waals surface area contributed by atoms with Gasteiger partial charge in [-0.25, -0.2) is 23.9 Å². The van der Waals surface area contributed by atoms with Crippen molar-refractivity contribution >= 4 is 6.03 Å². The topological polar surface area (TPSA) is 113 Å². The van der Waals surface area contributed by atoms with Crippen molar-refractivity contribution in [3.63, 3.8) is 0 Å². The second-order valence-corrected chi connectivity index (χ2v) is 8.04. The maximum atomic E-state index is 16.0. The second-order valence-electron chi connectivity index (χ2n) is 8.04. The number of methoxy groups -OCH3 is 2. The van der Waals surface area contributed by atoms with Crippen LogP contribution < -0.4 is 9.47 Å². The van der Waals surface area contributed by atoms with Crippen LogP contribution in [0.2, 0.25) is 0 Å². The lowest BCUT2D eigenvalue weighted by molar-refractivity contribution is -0.0579. The third kappa shape index (κ3) is 4.27. The molecule has 0 aliphatic carbocycles. The highest BCUT2D eigenvalue weighted by Crippen LogP contribution is 2.38. The molecule has 2 N–H and O–H groups in total. The Morgan fingerprint density at radius 1 is 1.12 bits per heavy atom. The number of carbonyl (C=O) groups is 1. The first-order valence-electron chi connectivity index (χ1n) is 10.6. The monoisotopic (exact) mass is 471 g/mol. The van der Waals surface area contributed by atoms with Gasteiger partial charge in [0.2, 0.25) is 5.88 Å². The number of piperidine rings is 1. The van der Waals surface area contributed by atoms with Crippen LogP contribution in [0.3, 0.4) is 0 Å². The Morgan fingerprint density at radius 2 is 1.79 bits per heavy atom. The van der Waals surface area contributed by atoms with Crippen molar-refractivity contribution in [3.05, 3.63) is 54.1 Å². The highest BCUT2D eigenvalue weighted by molar-refractivity contribution is 5.73. The molecule has 11 heteroatoms. The van der Waals surface area contributed by atoms with E-state index in [-0.39, 0.29) is 37.3 Å². The molecule has 2 aromatic heterocycles. The van der Waals surface area contributed by atoms with Crippen molar-refractivity contribution in [2.24, 2.45) is 0 Å². The third-order valence-electron chi connectivity index (χ3n) is 5.94. The summed E-state index contributed by atoms with van der Waals surface area (Å²) in [5.74, 6) is 0.336. The smallest absolute Gasteiger partial charge is 0.343 e. The van der Waals surface area contributed by atoms with Gasteiger partial charge < -0.3 is 19.5 Å². The van der Waals surface area contributed by atoms with E-state index < -0.39 is 17.4 Å². The maximum Gasteiger partial charge on any atom is 0.343 e. The van der Waals surface area contributed by atoms with Crippen LogP contribution in [0.25, 0.3) is 16.9 Å². The molecule has 0 spiro atoms. The molecule has 3 aromatic rings. The number of aliphatic hydroxyl groups is 1. The number of hydroxylamine groups is 2. The molecule has 1 aliphatic rings. The molecular formula is C23H26FN5O5. The molecule has 0 radical (unpaired) electrons. The van der Waals surface area contributed by atoms with Gasteiger partial charge in [0.25, 0.3) is 0 Å². The molecule has 2 amide bonds. The van der Waals surface area contributed by atoms with Gasteiger partial charge in [-0.15, -0.1) is 0 Å². The van der Waals surface area contributed by atoms with E-state index in [1.165, 1.54) is 29.9 Å². The van der Waals surface area contributed by atoms with E-state index >= 15 is 4.39 Å². The predicted molar refractivity (Wildman–Crippen MR) is 120 cm³/mol. The Labute approximate surface area is 195 Å². The summed E-state index contributed by atoms with van der Waals surface area (Å²) in [5, 5.41) is 25.8. The number of hydrogen-bond acceptors (Lipinski definition) is 7. The number of aromatic nitrogens is 3. The van der Waals surface area contributed by atoms with Crippen molar-refractivity contribution < 1.29 is 29.0 Å². The van der Waals surface area contributed by atoms with E-state index in [2.05, 4.69) is 10.1 Å². The van der Waals surface area contributed by atoms with Gasteiger partial charge in [0.1, 0.15) is 22.7 Å². The fourth-order valence-electron chi connectivity index (χ4n) is 4.01. The summed E-state index contributed by atoms with van der Waals surface area (Å²) in [4.78, 5) is 17.6. The number of hydrogen-bond donors (Lipinski definition) is 2. The lowest BCUT2D eigenvalue weighted by Gasteiger charge is -2.37. The molecule has 34 heavy (non-hydrogen) atoms. The fraction of sp³-hybridized carbons (Fsp3) is 0.348. The normalized spacial score (nSPS) is 15.2. The maximum absolute atomic E-state index is 16.0. The zero-order valence-corrected chi connectivity index (χ0v) is 19.1. The van der Waals surface area contributed by atoms with Crippen LogP contribution in [-0.4, -0.2) is 75.4 Å². The van der Waals surface area contributed by atoms with E-state index in [9.17, 15) is 15.1 Å². The molecule has 3 heterocycles. The molecular weight excluding hydrogens is 445 g/mol. The van der Waals surface area contributed by atoms with Crippen molar-refractivity contribution in [3.8, 4) is 28.6 Å². The van der Waals surface area contributed by atoms with Crippen LogP contribution in [0.1, 0.15) is 18.5 Å². The lowest BCUT2D eigenvalue weighted by Crippen LogP contribution is -2.48. The van der Waals surface area contributed by atoms with E-state index in [0.29, 0.717) is 27.9 Å². The number of likely N-dealkylation sites (tertiary alicyclic amines) is 1. The average molecular weight is 471 g/mol. The number of halogens is 1. The van der Waals surface area contributed by atoms with Crippen molar-refractivity contribution in [2.45, 2.75) is 18.4 Å². The van der Waals surface area contributed by atoms with Crippen LogP contribution in [0.15, 0.2) is 42.6 Å². The zero-order valence-electron chi connectivity index (χ0n) is 19.1. The zero-order chi connectivity index (χ0) is 24.5. The Morgan fingerprint density at radius 3 is 2.32 bits per heavy atom. The van der Waals surface area contributed by atoms with Gasteiger partial charge in [-0.3, -0.25) is 5.21 Å². The quantitative estimate of drug-likeness (QED) is 0.435. The summed E-state index contributed by atoms with van der Waals surface area (Å²) in [6.07, 6.45) is 1.60. The summed E-state index contributed by atoms with van der Waals surface area (Å²) >= 11 is 0. The van der Waals surface area contributed by atoms with Gasteiger partial charge in [0.05, 0.1) is 19.9 Å². The summed E-state index contributed by atoms with van der Waals surface area (Å²) in [7, 11) is 4.27. The summed E-state index contributed by atoms with van der Waals surface area (Å²) in [6.45, 7) is 0.267. The van der Waals surface area contributed by atoms with Gasteiger partial charge in [-0.05, 0) is 43.2 Å². The minimum absolute atomic E-state index is 0.0590. The summed E-state index contributed by atoms with van der Waals surface area (Å²) < 4.78 is 27.7. The van der Waals surface area contributed by atoms with E-state index in [0.717, 1.165) is 0 Å². The number of pyridine rings is 1. The van der Waals surface area contributed by atoms with Crippen molar-refractivity contribution in [1.29, 1.82) is 0 Å². The van der Waals surface area contributed by atoms with E-state index in [4.69, 9.17) is 9.47 Å². The predicted octanol–water partition coefficient (Wildman–Crippen LogP) is 2.82. The van der Waals surface area contributed by atoms with Crippen LogP contribution in [-0.2, 0) is 5.60 Å². The number of amides is 2. The fourth-order valence-corrected chi connectivity index (χ4v) is 4.01. The van der Waals surface area contributed by atoms with Gasteiger partial charge in [0, 0.05) is 38.0 Å². The standard InChI is InChI=1S/C23H26FN5O5/c1-27(32)22(30)28-12-10-23(31,11-13-28)21-19(24)20(15-4-9-18(34-3)25-14-15)29(26-21)16-5-7-17(33-2)8-6-16/h4-9,14,31-32H,10-13H2,1-3H3. The average Bonchev–Trinajstić information content (AvgIpc) is 3.22. The number of rotatable bonds is 5. The SMILES string of the molecule is COc1ccc(-n2nc(C3(O)CCN(C(=O)N(C)O)CC3)c(F)c2-c2ccc(OC)nc2)cc1. The van der Waals surface area contributed by atoms with Gasteiger partial charge in [-0.2, -0.15) is 5.10 Å². The molecule has 0 bridgehead atoms. The van der Waals surface area contributed by atoms with Crippen molar-refractivity contribution in [2.75, 3.05) is 34.4 Å². The van der Waals surface area contributed by atoms with E-state index in [1.54, 1.807) is 43.5 Å². The largest absolute Gasteiger partial charge is 0.497 e. The summed E-state index contributed by atoms with van der Waals surface area (Å²) in [5.41, 5.74) is -0.557. The first kappa shape index (κ1) is 23.5. The first-order valence-corrected chi connectivity index (χ1v) is 10.6. The number of carbonyl (C=O) groups excluding carboxylic acids is 1. The molecule has 4 rings (SSSR count). The van der Waals surface area contributed by atoms with E-state index in [1.807, 2.05) is 0 Å². The number of nitrogens with zero attached hydrogens (tertiary/aromatic N) is 5. The molecule has 180 valence electrons. The molecule has 0 unspecified atom stereocenters. The highest BCUT2D eigenvalue weighted by Gasteiger charge is 2.42. The third-order valence-corrected chi connectivity index (χ3v) is 5.94. The number of benzene rings is 1. The van der Waals surface area contributed by atoms with Crippen LogP contribution in [0.5, 0.6) is 11.6 Å². The molecule has 1 aliphatic heterocycles. The van der Waals surface area contributed by atoms with Gasteiger partial charge in [0.15, 0.2) is 5.82 Å². The minimum atomic E-state index is -1.60.